The van der Waals surface area contributed by atoms with Gasteiger partial charge in [0, 0.05) is 36.8 Å². The first-order valence-corrected chi connectivity index (χ1v) is 9.68. The SMILES string of the molecule is COc1ncc2c(n1)CCN(C(=O)c1c(C)oc3ncnc(NC4(C)CC4)c13)C2. The number of hydrogen-bond donors (Lipinski definition) is 1. The molecule has 1 N–H and O–H groups in total. The van der Waals surface area contributed by atoms with Crippen molar-refractivity contribution >= 4 is 22.8 Å². The monoisotopic (exact) mass is 394 g/mol. The van der Waals surface area contributed by atoms with Gasteiger partial charge < -0.3 is 19.4 Å². The summed E-state index contributed by atoms with van der Waals surface area (Å²) in [5.74, 6) is 1.11. The molecule has 0 aromatic carbocycles. The molecule has 1 aliphatic heterocycles. The van der Waals surface area contributed by atoms with Crippen molar-refractivity contribution in [3.8, 4) is 6.01 Å². The van der Waals surface area contributed by atoms with Crippen LogP contribution in [0.15, 0.2) is 16.9 Å². The van der Waals surface area contributed by atoms with E-state index in [1.54, 1.807) is 25.1 Å². The number of aryl methyl sites for hydroxylation is 1. The molecular weight excluding hydrogens is 372 g/mol. The quantitative estimate of drug-likeness (QED) is 0.719. The maximum absolute atomic E-state index is 13.5. The molecule has 0 atom stereocenters. The molecule has 150 valence electrons. The van der Waals surface area contributed by atoms with Crippen LogP contribution in [0.2, 0.25) is 0 Å². The lowest BCUT2D eigenvalue weighted by Crippen LogP contribution is -2.36. The zero-order valence-corrected chi connectivity index (χ0v) is 16.7. The summed E-state index contributed by atoms with van der Waals surface area (Å²) in [4.78, 5) is 32.5. The minimum Gasteiger partial charge on any atom is -0.467 e. The summed E-state index contributed by atoms with van der Waals surface area (Å²) in [5.41, 5.74) is 2.81. The Balaban J connectivity index is 1.50. The highest BCUT2D eigenvalue weighted by Gasteiger charge is 2.39. The highest BCUT2D eigenvalue weighted by molar-refractivity contribution is 6.10. The lowest BCUT2D eigenvalue weighted by atomic mass is 10.0. The third-order valence-corrected chi connectivity index (χ3v) is 5.68. The number of rotatable bonds is 4. The molecule has 29 heavy (non-hydrogen) atoms. The second kappa shape index (κ2) is 6.40. The number of ether oxygens (including phenoxy) is 1. The zero-order chi connectivity index (χ0) is 20.2. The molecule has 1 saturated carbocycles. The number of aromatic nitrogens is 4. The molecule has 0 radical (unpaired) electrons. The molecule has 9 nitrogen and oxygen atoms in total. The maximum Gasteiger partial charge on any atom is 0.316 e. The van der Waals surface area contributed by atoms with Crippen molar-refractivity contribution in [2.24, 2.45) is 0 Å². The fraction of sp³-hybridized carbons (Fsp3) is 0.450. The van der Waals surface area contributed by atoms with E-state index in [-0.39, 0.29) is 11.4 Å². The molecule has 0 saturated heterocycles. The third-order valence-electron chi connectivity index (χ3n) is 5.68. The number of carbonyl (C=O) groups is 1. The van der Waals surface area contributed by atoms with Crippen LogP contribution in [0.25, 0.3) is 11.1 Å². The van der Waals surface area contributed by atoms with Crippen molar-refractivity contribution in [2.45, 2.75) is 45.2 Å². The molecule has 0 spiro atoms. The van der Waals surface area contributed by atoms with Gasteiger partial charge in [-0.2, -0.15) is 4.98 Å². The first kappa shape index (κ1) is 17.8. The second-order valence-corrected chi connectivity index (χ2v) is 7.93. The summed E-state index contributed by atoms with van der Waals surface area (Å²) < 4.78 is 10.9. The van der Waals surface area contributed by atoms with E-state index in [0.717, 1.165) is 24.1 Å². The molecule has 3 aromatic heterocycles. The Labute approximate surface area is 167 Å². The fourth-order valence-corrected chi connectivity index (χ4v) is 3.72. The highest BCUT2D eigenvalue weighted by atomic mass is 16.5. The van der Waals surface area contributed by atoms with Gasteiger partial charge in [-0.1, -0.05) is 0 Å². The van der Waals surface area contributed by atoms with Crippen molar-refractivity contribution in [2.75, 3.05) is 19.0 Å². The third kappa shape index (κ3) is 3.06. The number of nitrogens with zero attached hydrogens (tertiary/aromatic N) is 5. The Morgan fingerprint density at radius 1 is 1.31 bits per heavy atom. The summed E-state index contributed by atoms with van der Waals surface area (Å²) in [6, 6.07) is 0.349. The highest BCUT2D eigenvalue weighted by Crippen LogP contribution is 2.40. The average Bonchev–Trinajstić information content (AvgIpc) is 3.34. The molecular formula is C20H22N6O3. The predicted molar refractivity (Wildman–Crippen MR) is 105 cm³/mol. The summed E-state index contributed by atoms with van der Waals surface area (Å²) >= 11 is 0. The van der Waals surface area contributed by atoms with Crippen LogP contribution in [0.4, 0.5) is 5.82 Å². The van der Waals surface area contributed by atoms with Crippen LogP contribution in [0.5, 0.6) is 6.01 Å². The van der Waals surface area contributed by atoms with Gasteiger partial charge in [0.15, 0.2) is 0 Å². The van der Waals surface area contributed by atoms with Gasteiger partial charge in [-0.15, -0.1) is 0 Å². The molecule has 3 aromatic rings. The van der Waals surface area contributed by atoms with E-state index in [1.807, 2.05) is 0 Å². The molecule has 9 heteroatoms. The Bertz CT molecular complexity index is 1120. The summed E-state index contributed by atoms with van der Waals surface area (Å²) in [6.45, 7) is 4.94. The van der Waals surface area contributed by atoms with Crippen LogP contribution < -0.4 is 10.1 Å². The van der Waals surface area contributed by atoms with Crippen molar-refractivity contribution < 1.29 is 13.9 Å². The Kier molecular flexibility index (Phi) is 3.94. The van der Waals surface area contributed by atoms with E-state index in [4.69, 9.17) is 9.15 Å². The van der Waals surface area contributed by atoms with E-state index in [9.17, 15) is 4.79 Å². The van der Waals surface area contributed by atoms with Crippen LogP contribution in [0, 0.1) is 6.92 Å². The molecule has 4 heterocycles. The molecule has 0 unspecified atom stereocenters. The van der Waals surface area contributed by atoms with Gasteiger partial charge >= 0.3 is 6.01 Å². The minimum absolute atomic E-state index is 0.0211. The van der Waals surface area contributed by atoms with Crippen LogP contribution in [-0.4, -0.2) is 49.9 Å². The summed E-state index contributed by atoms with van der Waals surface area (Å²) in [6.07, 6.45) is 5.99. The van der Waals surface area contributed by atoms with Crippen LogP contribution in [-0.2, 0) is 13.0 Å². The molecule has 5 rings (SSSR count). The van der Waals surface area contributed by atoms with E-state index in [2.05, 4.69) is 32.2 Å². The second-order valence-electron chi connectivity index (χ2n) is 7.93. The zero-order valence-electron chi connectivity index (χ0n) is 16.7. The van der Waals surface area contributed by atoms with Gasteiger partial charge in [-0.05, 0) is 26.7 Å². The molecule has 2 aliphatic rings. The Hall–Kier alpha value is -3.23. The lowest BCUT2D eigenvalue weighted by Gasteiger charge is -2.28. The van der Waals surface area contributed by atoms with Gasteiger partial charge in [-0.3, -0.25) is 4.79 Å². The first-order chi connectivity index (χ1) is 14.0. The number of fused-ring (bicyclic) bond motifs is 2. The van der Waals surface area contributed by atoms with Gasteiger partial charge in [0.1, 0.15) is 17.9 Å². The van der Waals surface area contributed by atoms with E-state index in [0.29, 0.717) is 53.8 Å². The number of amides is 1. The molecule has 1 amide bonds. The largest absolute Gasteiger partial charge is 0.467 e. The molecule has 1 fully saturated rings. The number of anilines is 1. The first-order valence-electron chi connectivity index (χ1n) is 9.68. The van der Waals surface area contributed by atoms with Crippen LogP contribution >= 0.6 is 0 Å². The van der Waals surface area contributed by atoms with Crippen molar-refractivity contribution in [3.63, 3.8) is 0 Å². The van der Waals surface area contributed by atoms with Crippen molar-refractivity contribution in [1.29, 1.82) is 0 Å². The Morgan fingerprint density at radius 3 is 2.90 bits per heavy atom. The van der Waals surface area contributed by atoms with Crippen molar-refractivity contribution in [1.82, 2.24) is 24.8 Å². The van der Waals surface area contributed by atoms with E-state index < -0.39 is 0 Å². The lowest BCUT2D eigenvalue weighted by molar-refractivity contribution is 0.0733. The number of methoxy groups -OCH3 is 1. The van der Waals surface area contributed by atoms with E-state index >= 15 is 0 Å². The molecule has 0 bridgehead atoms. The van der Waals surface area contributed by atoms with E-state index in [1.165, 1.54) is 6.33 Å². The summed E-state index contributed by atoms with van der Waals surface area (Å²) in [7, 11) is 1.54. The predicted octanol–water partition coefficient (Wildman–Crippen LogP) is 2.49. The molecule has 1 aliphatic carbocycles. The fourth-order valence-electron chi connectivity index (χ4n) is 3.72. The Morgan fingerprint density at radius 2 is 2.14 bits per heavy atom. The van der Waals surface area contributed by atoms with Crippen LogP contribution in [0.1, 0.15) is 47.1 Å². The van der Waals surface area contributed by atoms with Gasteiger partial charge in [0.25, 0.3) is 5.91 Å². The van der Waals surface area contributed by atoms with Gasteiger partial charge in [-0.25, -0.2) is 15.0 Å². The summed E-state index contributed by atoms with van der Waals surface area (Å²) in [5, 5.41) is 4.11. The van der Waals surface area contributed by atoms with Crippen molar-refractivity contribution in [3.05, 3.63) is 35.1 Å². The van der Waals surface area contributed by atoms with Crippen LogP contribution in [0.3, 0.4) is 0 Å². The number of nitrogens with one attached hydrogen (secondary N) is 1. The normalized spacial score (nSPS) is 17.1. The maximum atomic E-state index is 13.5. The topological polar surface area (TPSA) is 106 Å². The number of furan rings is 1. The minimum atomic E-state index is -0.0958. The number of carbonyl (C=O) groups excluding carboxylic acids is 1. The van der Waals surface area contributed by atoms with Gasteiger partial charge in [0.2, 0.25) is 5.71 Å². The standard InChI is InChI=1S/C20H22N6O3/c1-11-14(15-16(25-20(2)5-6-20)22-10-23-17(15)29-11)18(27)26-7-4-13-12(9-26)8-21-19(24-13)28-3/h8,10H,4-7,9H2,1-3H3,(H,22,23,25). The smallest absolute Gasteiger partial charge is 0.316 e. The van der Waals surface area contributed by atoms with Gasteiger partial charge in [0.05, 0.1) is 23.8 Å². The average molecular weight is 394 g/mol. The number of hydrogen-bond acceptors (Lipinski definition) is 8.